The molecule has 3 aliphatic carbocycles. The molecule has 0 spiro atoms. The summed E-state index contributed by atoms with van der Waals surface area (Å²) in [6.45, 7) is 10.8. The van der Waals surface area contributed by atoms with E-state index in [1.54, 1.807) is 20.8 Å². The molecular formula is C20H32O8S. The number of Topliss-reactive ketones (excluding diaryl/α,β-unsaturated/α-hetero) is 1. The number of carbonyl (C=O) groups excluding carboxylic acids is 1. The molecule has 8 nitrogen and oxygen atoms in total. The van der Waals surface area contributed by atoms with Crippen LogP contribution < -0.4 is 0 Å². The first-order chi connectivity index (χ1) is 12.9. The lowest BCUT2D eigenvalue weighted by Gasteiger charge is -2.36. The summed E-state index contributed by atoms with van der Waals surface area (Å²) in [6, 6.07) is 0. The topological polar surface area (TPSA) is 146 Å². The summed E-state index contributed by atoms with van der Waals surface area (Å²) in [6.07, 6.45) is 2.33. The van der Waals surface area contributed by atoms with E-state index < -0.39 is 49.5 Å². The van der Waals surface area contributed by atoms with E-state index >= 15 is 0 Å². The molecule has 0 radical (unpaired) electrons. The van der Waals surface area contributed by atoms with Crippen LogP contribution in [0, 0.1) is 33.5 Å². The van der Waals surface area contributed by atoms with Crippen molar-refractivity contribution < 1.29 is 37.6 Å². The number of hydrogen-bond acceptors (Lipinski definition) is 5. The largest absolute Gasteiger partial charge is 0.481 e. The van der Waals surface area contributed by atoms with E-state index in [2.05, 4.69) is 0 Å². The van der Waals surface area contributed by atoms with Crippen molar-refractivity contribution in [3.63, 3.8) is 0 Å². The minimum atomic E-state index is -4.24. The summed E-state index contributed by atoms with van der Waals surface area (Å²) in [5, 5.41) is 16.9. The minimum absolute atomic E-state index is 0.231. The summed E-state index contributed by atoms with van der Waals surface area (Å²) >= 11 is 0. The third kappa shape index (κ3) is 3.21. The standard InChI is InChI=1S/C10H16O4S.C10H16O4/c1-9(2)6-4-5-10(9,3)8(11)7(6)15(12,13)14;1-9(2)6(7(11)12)4-5-10(9,3)8(13)14/h6-7H,4-5H2,1-3H3,(H,12,13,14);6H,4-5H2,1-3H3,(H,11,12)(H,13,14). The van der Waals surface area contributed by atoms with Crippen LogP contribution in [-0.2, 0) is 24.5 Å². The molecule has 3 N–H and O–H groups in total. The van der Waals surface area contributed by atoms with Crippen molar-refractivity contribution in [3.8, 4) is 0 Å². The third-order valence-corrected chi connectivity index (χ3v) is 9.97. The predicted octanol–water partition coefficient (Wildman–Crippen LogP) is 2.87. The molecule has 0 heterocycles. The summed E-state index contributed by atoms with van der Waals surface area (Å²) in [5.74, 6) is -2.87. The number of carboxylic acids is 2. The summed E-state index contributed by atoms with van der Waals surface area (Å²) in [4.78, 5) is 34.1. The highest BCUT2D eigenvalue weighted by atomic mass is 32.2. The van der Waals surface area contributed by atoms with Gasteiger partial charge in [0.05, 0.1) is 11.3 Å². The van der Waals surface area contributed by atoms with Gasteiger partial charge in [0.25, 0.3) is 10.1 Å². The van der Waals surface area contributed by atoms with E-state index in [4.69, 9.17) is 14.8 Å². The van der Waals surface area contributed by atoms with Crippen LogP contribution in [0.1, 0.15) is 67.2 Å². The number of hydrogen-bond donors (Lipinski definition) is 3. The number of carboxylic acid groups (broad SMARTS) is 2. The zero-order valence-electron chi connectivity index (χ0n) is 17.9. The smallest absolute Gasteiger partial charge is 0.309 e. The maximum absolute atomic E-state index is 12.0. The van der Waals surface area contributed by atoms with Crippen LogP contribution in [0.4, 0.5) is 0 Å². The highest BCUT2D eigenvalue weighted by Gasteiger charge is 2.69. The van der Waals surface area contributed by atoms with Gasteiger partial charge in [0.1, 0.15) is 5.25 Å². The Hall–Kier alpha value is -1.48. The molecule has 0 amide bonds. The normalized spacial score (nSPS) is 39.7. The first-order valence-electron chi connectivity index (χ1n) is 9.82. The van der Waals surface area contributed by atoms with Gasteiger partial charge in [0, 0.05) is 5.41 Å². The van der Waals surface area contributed by atoms with E-state index in [1.165, 1.54) is 0 Å². The molecule has 9 heteroatoms. The Morgan fingerprint density at radius 3 is 1.69 bits per heavy atom. The Bertz CT molecular complexity index is 843. The first kappa shape index (κ1) is 23.8. The molecule has 0 aromatic rings. The van der Waals surface area contributed by atoms with Gasteiger partial charge in [-0.3, -0.25) is 18.9 Å². The van der Waals surface area contributed by atoms with E-state index in [0.29, 0.717) is 19.3 Å². The van der Waals surface area contributed by atoms with Gasteiger partial charge in [-0.2, -0.15) is 8.42 Å². The monoisotopic (exact) mass is 432 g/mol. The molecule has 0 aliphatic heterocycles. The molecule has 3 saturated carbocycles. The lowest BCUT2D eigenvalue weighted by atomic mass is 9.66. The van der Waals surface area contributed by atoms with Crippen molar-refractivity contribution in [2.24, 2.45) is 33.5 Å². The van der Waals surface area contributed by atoms with E-state index in [9.17, 15) is 22.8 Å². The van der Waals surface area contributed by atoms with Gasteiger partial charge >= 0.3 is 11.9 Å². The molecule has 3 rings (SSSR count). The number of rotatable bonds is 3. The lowest BCUT2D eigenvalue weighted by molar-refractivity contribution is -0.157. The minimum Gasteiger partial charge on any atom is -0.481 e. The Kier molecular flexibility index (Phi) is 5.55. The molecule has 2 bridgehead atoms. The van der Waals surface area contributed by atoms with E-state index in [1.807, 2.05) is 20.8 Å². The first-order valence-corrected chi connectivity index (χ1v) is 11.3. The molecular weight excluding hydrogens is 400 g/mol. The van der Waals surface area contributed by atoms with E-state index in [-0.39, 0.29) is 17.1 Å². The molecule has 166 valence electrons. The molecule has 3 aliphatic rings. The Balaban J connectivity index is 0.000000208. The van der Waals surface area contributed by atoms with Gasteiger partial charge in [0.2, 0.25) is 0 Å². The van der Waals surface area contributed by atoms with Crippen molar-refractivity contribution in [1.29, 1.82) is 0 Å². The van der Waals surface area contributed by atoms with E-state index in [0.717, 1.165) is 6.42 Å². The number of ketones is 1. The molecule has 0 saturated heterocycles. The SMILES string of the molecule is CC1(C(=O)O)CCC(C(=O)O)C1(C)C.CC12CCC(C(S(=O)(=O)O)C1=O)C2(C)C. The fraction of sp³-hybridized carbons (Fsp3) is 0.850. The van der Waals surface area contributed by atoms with Crippen LogP contribution in [0.2, 0.25) is 0 Å². The van der Waals surface area contributed by atoms with Crippen molar-refractivity contribution in [3.05, 3.63) is 0 Å². The molecule has 0 aromatic heterocycles. The molecule has 5 unspecified atom stereocenters. The average Bonchev–Trinajstić information content (AvgIpc) is 2.98. The number of fused-ring (bicyclic) bond motifs is 2. The van der Waals surface area contributed by atoms with Crippen molar-refractivity contribution >= 4 is 27.8 Å². The highest BCUT2D eigenvalue weighted by Crippen LogP contribution is 2.64. The van der Waals surface area contributed by atoms with Gasteiger partial charge in [0.15, 0.2) is 5.78 Å². The van der Waals surface area contributed by atoms with Crippen LogP contribution in [0.15, 0.2) is 0 Å². The summed E-state index contributed by atoms with van der Waals surface area (Å²) in [5.41, 5.74) is -2.52. The second-order valence-electron chi connectivity index (χ2n) is 10.3. The van der Waals surface area contributed by atoms with Crippen LogP contribution in [0.25, 0.3) is 0 Å². The number of aliphatic carboxylic acids is 2. The van der Waals surface area contributed by atoms with Crippen LogP contribution in [0.5, 0.6) is 0 Å². The van der Waals surface area contributed by atoms with Gasteiger partial charge in [-0.25, -0.2) is 0 Å². The lowest BCUT2D eigenvalue weighted by Crippen LogP contribution is -2.42. The maximum atomic E-state index is 12.0. The van der Waals surface area contributed by atoms with Gasteiger partial charge in [-0.1, -0.05) is 34.6 Å². The van der Waals surface area contributed by atoms with Crippen LogP contribution in [-0.4, -0.2) is 46.2 Å². The predicted molar refractivity (Wildman–Crippen MR) is 105 cm³/mol. The second kappa shape index (κ2) is 6.77. The molecule has 29 heavy (non-hydrogen) atoms. The zero-order valence-corrected chi connectivity index (χ0v) is 18.7. The van der Waals surface area contributed by atoms with Crippen molar-refractivity contribution in [2.45, 2.75) is 72.5 Å². The third-order valence-electron chi connectivity index (χ3n) is 8.79. The Labute approximate surface area is 171 Å². The fourth-order valence-electron chi connectivity index (χ4n) is 5.66. The van der Waals surface area contributed by atoms with Gasteiger partial charge in [-0.05, 0) is 49.4 Å². The molecule has 0 aromatic carbocycles. The Morgan fingerprint density at radius 1 is 0.931 bits per heavy atom. The maximum Gasteiger partial charge on any atom is 0.309 e. The Morgan fingerprint density at radius 2 is 1.45 bits per heavy atom. The summed E-state index contributed by atoms with van der Waals surface area (Å²) in [7, 11) is -4.24. The number of carbonyl (C=O) groups is 3. The van der Waals surface area contributed by atoms with Crippen LogP contribution >= 0.6 is 0 Å². The quantitative estimate of drug-likeness (QED) is 0.577. The zero-order chi connectivity index (χ0) is 22.8. The fourth-order valence-corrected chi connectivity index (χ4v) is 7.08. The highest BCUT2D eigenvalue weighted by molar-refractivity contribution is 7.87. The van der Waals surface area contributed by atoms with Gasteiger partial charge < -0.3 is 10.2 Å². The van der Waals surface area contributed by atoms with Crippen LogP contribution in [0.3, 0.4) is 0 Å². The second-order valence-corrected chi connectivity index (χ2v) is 11.8. The van der Waals surface area contributed by atoms with Gasteiger partial charge in [-0.15, -0.1) is 0 Å². The van der Waals surface area contributed by atoms with Crippen molar-refractivity contribution in [1.82, 2.24) is 0 Å². The van der Waals surface area contributed by atoms with Crippen molar-refractivity contribution in [2.75, 3.05) is 0 Å². The summed E-state index contributed by atoms with van der Waals surface area (Å²) < 4.78 is 31.5. The molecule has 5 atom stereocenters. The average molecular weight is 433 g/mol. The molecule has 3 fully saturated rings.